The first-order valence-corrected chi connectivity index (χ1v) is 8.00. The SMILES string of the molecule is COc1cc(/C=C/C(=O)O)cc(OC)c1Oc1ccc(COC(C)=O)cc1. The Kier molecular flexibility index (Phi) is 6.82. The highest BCUT2D eigenvalue weighted by atomic mass is 16.5. The van der Waals surface area contributed by atoms with Crippen LogP contribution in [0.2, 0.25) is 0 Å². The van der Waals surface area contributed by atoms with Crippen LogP contribution in [0, 0.1) is 0 Å². The van der Waals surface area contributed by atoms with E-state index in [1.54, 1.807) is 36.4 Å². The molecule has 0 unspecified atom stereocenters. The van der Waals surface area contributed by atoms with E-state index in [4.69, 9.17) is 24.1 Å². The third-order valence-corrected chi connectivity index (χ3v) is 3.49. The largest absolute Gasteiger partial charge is 0.493 e. The first kappa shape index (κ1) is 19.8. The molecule has 0 aromatic heterocycles. The second-order valence-electron chi connectivity index (χ2n) is 5.45. The quantitative estimate of drug-likeness (QED) is 0.558. The fourth-order valence-electron chi connectivity index (χ4n) is 2.22. The summed E-state index contributed by atoms with van der Waals surface area (Å²) < 4.78 is 21.5. The van der Waals surface area contributed by atoms with Crippen molar-refractivity contribution < 1.29 is 33.6 Å². The minimum Gasteiger partial charge on any atom is -0.493 e. The highest BCUT2D eigenvalue weighted by molar-refractivity contribution is 5.85. The van der Waals surface area contributed by atoms with E-state index in [0.717, 1.165) is 11.6 Å². The van der Waals surface area contributed by atoms with Gasteiger partial charge in [-0.25, -0.2) is 4.79 Å². The van der Waals surface area contributed by atoms with E-state index in [2.05, 4.69) is 0 Å². The van der Waals surface area contributed by atoms with Gasteiger partial charge in [-0.15, -0.1) is 0 Å². The zero-order valence-electron chi connectivity index (χ0n) is 15.2. The Balaban J connectivity index is 2.26. The summed E-state index contributed by atoms with van der Waals surface area (Å²) in [6, 6.07) is 10.3. The summed E-state index contributed by atoms with van der Waals surface area (Å²) in [6.45, 7) is 1.54. The highest BCUT2D eigenvalue weighted by Gasteiger charge is 2.15. The van der Waals surface area contributed by atoms with Crippen molar-refractivity contribution in [3.05, 3.63) is 53.6 Å². The summed E-state index contributed by atoms with van der Waals surface area (Å²) in [6.07, 6.45) is 2.46. The van der Waals surface area contributed by atoms with Crippen molar-refractivity contribution in [2.24, 2.45) is 0 Å². The number of methoxy groups -OCH3 is 2. The van der Waals surface area contributed by atoms with Crippen molar-refractivity contribution >= 4 is 18.0 Å². The highest BCUT2D eigenvalue weighted by Crippen LogP contribution is 2.41. The molecule has 0 amide bonds. The van der Waals surface area contributed by atoms with Gasteiger partial charge in [0.1, 0.15) is 12.4 Å². The molecule has 0 bridgehead atoms. The van der Waals surface area contributed by atoms with Gasteiger partial charge in [0.2, 0.25) is 5.75 Å². The lowest BCUT2D eigenvalue weighted by Crippen LogP contribution is -1.99. The van der Waals surface area contributed by atoms with E-state index >= 15 is 0 Å². The average Bonchev–Trinajstić information content (AvgIpc) is 2.66. The van der Waals surface area contributed by atoms with E-state index in [-0.39, 0.29) is 12.6 Å². The Morgan fingerprint density at radius 3 is 2.11 bits per heavy atom. The molecule has 0 saturated heterocycles. The molecule has 0 atom stereocenters. The van der Waals surface area contributed by atoms with Crippen LogP contribution in [-0.2, 0) is 20.9 Å². The minimum atomic E-state index is -1.05. The van der Waals surface area contributed by atoms with Gasteiger partial charge in [0.25, 0.3) is 0 Å². The summed E-state index contributed by atoms with van der Waals surface area (Å²) in [5.74, 6) is 0.280. The molecule has 0 aliphatic carbocycles. The van der Waals surface area contributed by atoms with Crippen LogP contribution in [0.4, 0.5) is 0 Å². The molecule has 7 heteroatoms. The number of hydrogen-bond donors (Lipinski definition) is 1. The van der Waals surface area contributed by atoms with E-state index < -0.39 is 5.97 Å². The molecule has 1 N–H and O–H groups in total. The van der Waals surface area contributed by atoms with Gasteiger partial charge in [0.05, 0.1) is 14.2 Å². The molecule has 0 spiro atoms. The normalized spacial score (nSPS) is 10.5. The molecule has 142 valence electrons. The minimum absolute atomic E-state index is 0.187. The molecule has 7 nitrogen and oxygen atoms in total. The third kappa shape index (κ3) is 5.78. The number of carbonyl (C=O) groups is 2. The van der Waals surface area contributed by atoms with Gasteiger partial charge in [-0.1, -0.05) is 12.1 Å². The molecule has 0 saturated carbocycles. The van der Waals surface area contributed by atoms with Gasteiger partial charge in [0.15, 0.2) is 11.5 Å². The zero-order valence-corrected chi connectivity index (χ0v) is 15.2. The number of benzene rings is 2. The summed E-state index contributed by atoms with van der Waals surface area (Å²) in [4.78, 5) is 21.6. The molecular weight excluding hydrogens is 352 g/mol. The van der Waals surface area contributed by atoms with Crippen molar-refractivity contribution in [1.82, 2.24) is 0 Å². The van der Waals surface area contributed by atoms with Crippen LogP contribution in [0.25, 0.3) is 6.08 Å². The Hall–Kier alpha value is -3.48. The molecule has 2 aromatic rings. The molecule has 0 fully saturated rings. The summed E-state index contributed by atoms with van der Waals surface area (Å²) in [5, 5.41) is 8.77. The van der Waals surface area contributed by atoms with Gasteiger partial charge < -0.3 is 24.1 Å². The van der Waals surface area contributed by atoms with Crippen LogP contribution >= 0.6 is 0 Å². The molecule has 0 aliphatic rings. The van der Waals surface area contributed by atoms with Crippen molar-refractivity contribution in [2.45, 2.75) is 13.5 Å². The first-order chi connectivity index (χ1) is 12.9. The number of esters is 1. The maximum atomic E-state index is 10.9. The maximum absolute atomic E-state index is 10.9. The smallest absolute Gasteiger partial charge is 0.328 e. The number of carboxylic acid groups (broad SMARTS) is 1. The van der Waals surface area contributed by atoms with Gasteiger partial charge in [0, 0.05) is 13.0 Å². The molecule has 0 heterocycles. The first-order valence-electron chi connectivity index (χ1n) is 8.00. The topological polar surface area (TPSA) is 91.3 Å². The van der Waals surface area contributed by atoms with Gasteiger partial charge in [-0.2, -0.15) is 0 Å². The number of aliphatic carboxylic acids is 1. The fourth-order valence-corrected chi connectivity index (χ4v) is 2.22. The van der Waals surface area contributed by atoms with Crippen LogP contribution in [0.5, 0.6) is 23.0 Å². The standard InChI is InChI=1S/C20H20O7/c1-13(21)26-12-14-4-7-16(8-5-14)27-20-17(24-2)10-15(6-9-19(22)23)11-18(20)25-3/h4-11H,12H2,1-3H3,(H,22,23)/b9-6+. The Labute approximate surface area is 156 Å². The van der Waals surface area contributed by atoms with E-state index in [0.29, 0.717) is 28.6 Å². The number of hydrogen-bond acceptors (Lipinski definition) is 6. The molecule has 0 aliphatic heterocycles. The molecule has 27 heavy (non-hydrogen) atoms. The lowest BCUT2D eigenvalue weighted by molar-refractivity contribution is -0.142. The summed E-state index contributed by atoms with van der Waals surface area (Å²) in [7, 11) is 2.96. The van der Waals surface area contributed by atoms with Crippen molar-refractivity contribution in [3.63, 3.8) is 0 Å². The second-order valence-corrected chi connectivity index (χ2v) is 5.45. The average molecular weight is 372 g/mol. The third-order valence-electron chi connectivity index (χ3n) is 3.49. The maximum Gasteiger partial charge on any atom is 0.328 e. The Bertz CT molecular complexity index is 813. The van der Waals surface area contributed by atoms with Crippen LogP contribution in [0.15, 0.2) is 42.5 Å². The van der Waals surface area contributed by atoms with Gasteiger partial charge in [-0.3, -0.25) is 4.79 Å². The molecular formula is C20H20O7. The summed E-state index contributed by atoms with van der Waals surface area (Å²) >= 11 is 0. The predicted octanol–water partition coefficient (Wildman–Crippen LogP) is 3.66. The van der Waals surface area contributed by atoms with Crippen molar-refractivity contribution in [1.29, 1.82) is 0 Å². The monoisotopic (exact) mass is 372 g/mol. The predicted molar refractivity (Wildman–Crippen MR) is 98.2 cm³/mol. The van der Waals surface area contributed by atoms with Gasteiger partial charge in [-0.05, 0) is 41.5 Å². The van der Waals surface area contributed by atoms with Crippen molar-refractivity contribution in [3.8, 4) is 23.0 Å². The Morgan fingerprint density at radius 1 is 1.04 bits per heavy atom. The van der Waals surface area contributed by atoms with E-state index in [1.165, 1.54) is 27.2 Å². The lowest BCUT2D eigenvalue weighted by Gasteiger charge is -2.15. The lowest BCUT2D eigenvalue weighted by atomic mass is 10.1. The van der Waals surface area contributed by atoms with Crippen molar-refractivity contribution in [2.75, 3.05) is 14.2 Å². The van der Waals surface area contributed by atoms with Gasteiger partial charge >= 0.3 is 11.9 Å². The van der Waals surface area contributed by atoms with Crippen LogP contribution < -0.4 is 14.2 Å². The summed E-state index contributed by atoms with van der Waals surface area (Å²) in [5.41, 5.74) is 1.42. The second kappa shape index (κ2) is 9.28. The van der Waals surface area contributed by atoms with E-state index in [1.807, 2.05) is 0 Å². The molecule has 0 radical (unpaired) electrons. The molecule has 2 aromatic carbocycles. The zero-order chi connectivity index (χ0) is 19.8. The van der Waals surface area contributed by atoms with E-state index in [9.17, 15) is 9.59 Å². The number of ether oxygens (including phenoxy) is 4. The number of rotatable bonds is 8. The fraction of sp³-hybridized carbons (Fsp3) is 0.200. The number of carbonyl (C=O) groups excluding carboxylic acids is 1. The van der Waals surface area contributed by atoms with Crippen LogP contribution in [-0.4, -0.2) is 31.3 Å². The Morgan fingerprint density at radius 2 is 1.63 bits per heavy atom. The van der Waals surface area contributed by atoms with Crippen LogP contribution in [0.3, 0.4) is 0 Å². The molecule has 2 rings (SSSR count). The number of carboxylic acids is 1. The van der Waals surface area contributed by atoms with Crippen LogP contribution in [0.1, 0.15) is 18.1 Å².